The molecule has 0 saturated carbocycles. The van der Waals surface area contributed by atoms with Crippen molar-refractivity contribution in [3.63, 3.8) is 0 Å². The van der Waals surface area contributed by atoms with Crippen molar-refractivity contribution < 1.29 is 22.7 Å². The Morgan fingerprint density at radius 3 is 2.16 bits per heavy atom. The second kappa shape index (κ2) is 15.3. The molecule has 0 aromatic heterocycles. The lowest BCUT2D eigenvalue weighted by Crippen LogP contribution is -2.54. The van der Waals surface area contributed by atoms with E-state index >= 15 is 0 Å². The van der Waals surface area contributed by atoms with E-state index in [4.69, 9.17) is 39.5 Å². The molecule has 3 aromatic carbocycles. The van der Waals surface area contributed by atoms with Crippen molar-refractivity contribution in [3.05, 3.63) is 92.9 Å². The van der Waals surface area contributed by atoms with Crippen LogP contribution in [-0.2, 0) is 32.6 Å². The van der Waals surface area contributed by atoms with Crippen LogP contribution in [0, 0.1) is 0 Å². The largest absolute Gasteiger partial charge is 0.495 e. The number of sulfonamides is 1. The molecule has 0 aliphatic rings. The lowest BCUT2D eigenvalue weighted by molar-refractivity contribution is -0.142. The Kier molecular flexibility index (Phi) is 12.4. The molecule has 0 heterocycles. The van der Waals surface area contributed by atoms with Crippen LogP contribution in [0.1, 0.15) is 44.7 Å². The number of hydrogen-bond donors (Lipinski definition) is 1. The molecule has 0 aliphatic heterocycles. The molecule has 0 aliphatic carbocycles. The maximum absolute atomic E-state index is 14.0. The van der Waals surface area contributed by atoms with Crippen molar-refractivity contribution in [2.24, 2.45) is 0 Å². The van der Waals surface area contributed by atoms with Gasteiger partial charge in [-0.1, -0.05) is 71.2 Å². The van der Waals surface area contributed by atoms with Gasteiger partial charge in [-0.3, -0.25) is 13.9 Å². The molecule has 2 amide bonds. The van der Waals surface area contributed by atoms with Gasteiger partial charge in [0.15, 0.2) is 0 Å². The molecule has 44 heavy (non-hydrogen) atoms. The molecule has 0 bridgehead atoms. The molecule has 3 rings (SSSR count). The Balaban J connectivity index is 1.93. The van der Waals surface area contributed by atoms with Gasteiger partial charge < -0.3 is 15.0 Å². The van der Waals surface area contributed by atoms with Gasteiger partial charge in [0.1, 0.15) is 11.8 Å². The summed E-state index contributed by atoms with van der Waals surface area (Å²) in [4.78, 5) is 29.3. The molecular formula is C32H38Cl3N3O5S. The van der Waals surface area contributed by atoms with E-state index in [1.165, 1.54) is 22.4 Å². The summed E-state index contributed by atoms with van der Waals surface area (Å²) in [5.74, 6) is -0.211. The summed E-state index contributed by atoms with van der Waals surface area (Å²) in [5.41, 5.74) is 1.39. The highest BCUT2D eigenvalue weighted by molar-refractivity contribution is 7.92. The minimum Gasteiger partial charge on any atom is -0.495 e. The van der Waals surface area contributed by atoms with Crippen LogP contribution in [0.2, 0.25) is 15.1 Å². The van der Waals surface area contributed by atoms with Crippen LogP contribution in [0.3, 0.4) is 0 Å². The topological polar surface area (TPSA) is 96.0 Å². The van der Waals surface area contributed by atoms with Crippen LogP contribution in [0.4, 0.5) is 5.69 Å². The fraction of sp³-hybridized carbons (Fsp3) is 0.375. The third kappa shape index (κ3) is 10.3. The van der Waals surface area contributed by atoms with E-state index in [0.29, 0.717) is 27.0 Å². The number of carbonyl (C=O) groups is 2. The summed E-state index contributed by atoms with van der Waals surface area (Å²) < 4.78 is 31.8. The van der Waals surface area contributed by atoms with E-state index in [1.54, 1.807) is 30.3 Å². The van der Waals surface area contributed by atoms with Crippen molar-refractivity contribution >= 4 is 62.3 Å². The van der Waals surface area contributed by atoms with Crippen LogP contribution in [0.15, 0.2) is 66.7 Å². The van der Waals surface area contributed by atoms with Crippen molar-refractivity contribution in [3.8, 4) is 5.75 Å². The Morgan fingerprint density at radius 2 is 1.59 bits per heavy atom. The molecule has 1 N–H and O–H groups in total. The number of ether oxygens (including phenoxy) is 1. The van der Waals surface area contributed by atoms with Gasteiger partial charge in [-0.25, -0.2) is 8.42 Å². The fourth-order valence-electron chi connectivity index (χ4n) is 4.66. The number of nitrogens with zero attached hydrogens (tertiary/aromatic N) is 2. The number of benzene rings is 3. The summed E-state index contributed by atoms with van der Waals surface area (Å²) >= 11 is 18.7. The quantitative estimate of drug-likeness (QED) is 0.215. The third-order valence-electron chi connectivity index (χ3n) is 6.68. The van der Waals surface area contributed by atoms with Gasteiger partial charge in [-0.15, -0.1) is 0 Å². The highest BCUT2D eigenvalue weighted by Crippen LogP contribution is 2.31. The first-order valence-corrected chi connectivity index (χ1v) is 17.0. The van der Waals surface area contributed by atoms with E-state index in [-0.39, 0.29) is 49.2 Å². The smallest absolute Gasteiger partial charge is 0.243 e. The zero-order valence-corrected chi connectivity index (χ0v) is 28.5. The molecule has 12 heteroatoms. The van der Waals surface area contributed by atoms with Gasteiger partial charge >= 0.3 is 0 Å². The molecule has 0 radical (unpaired) electrons. The van der Waals surface area contributed by atoms with Gasteiger partial charge in [-0.05, 0) is 68.7 Å². The first-order valence-electron chi connectivity index (χ1n) is 14.0. The van der Waals surface area contributed by atoms with Crippen LogP contribution in [0.25, 0.3) is 0 Å². The predicted molar refractivity (Wildman–Crippen MR) is 178 cm³/mol. The van der Waals surface area contributed by atoms with Crippen LogP contribution < -0.4 is 14.4 Å². The van der Waals surface area contributed by atoms with Gasteiger partial charge in [0, 0.05) is 31.5 Å². The molecule has 8 nitrogen and oxygen atoms in total. The van der Waals surface area contributed by atoms with E-state index in [1.807, 2.05) is 51.1 Å². The molecule has 0 fully saturated rings. The minimum absolute atomic E-state index is 0.0192. The second-order valence-corrected chi connectivity index (χ2v) is 14.6. The van der Waals surface area contributed by atoms with E-state index < -0.39 is 21.6 Å². The number of hydrogen-bond acceptors (Lipinski definition) is 5. The van der Waals surface area contributed by atoms with Crippen LogP contribution >= 0.6 is 34.8 Å². The number of nitrogens with one attached hydrogen (secondary N) is 1. The minimum atomic E-state index is -3.70. The molecule has 1 atom stereocenters. The number of rotatable bonds is 13. The third-order valence-corrected chi connectivity index (χ3v) is 8.91. The summed E-state index contributed by atoms with van der Waals surface area (Å²) in [6, 6.07) is 18.4. The Morgan fingerprint density at radius 1 is 0.909 bits per heavy atom. The van der Waals surface area contributed by atoms with Gasteiger partial charge in [-0.2, -0.15) is 0 Å². The SMILES string of the molecule is COc1ccc(N(CCCC(=O)N(Cc2ccc(Cl)c(Cl)c2)C(Cc2ccccc2)C(=O)NC(C)(C)C)S(C)(=O)=O)cc1Cl. The van der Waals surface area contributed by atoms with E-state index in [9.17, 15) is 18.0 Å². The monoisotopic (exact) mass is 681 g/mol. The fourth-order valence-corrected chi connectivity index (χ4v) is 6.19. The Bertz CT molecular complexity index is 1560. The molecular weight excluding hydrogens is 645 g/mol. The lowest BCUT2D eigenvalue weighted by atomic mass is 10.00. The maximum atomic E-state index is 14.0. The van der Waals surface area contributed by atoms with Crippen LogP contribution in [0.5, 0.6) is 5.75 Å². The number of carbonyl (C=O) groups excluding carboxylic acids is 2. The molecule has 238 valence electrons. The van der Waals surface area contributed by atoms with E-state index in [0.717, 1.165) is 11.8 Å². The number of halogens is 3. The Hall–Kier alpha value is -2.98. The maximum Gasteiger partial charge on any atom is 0.243 e. The zero-order valence-electron chi connectivity index (χ0n) is 25.4. The zero-order chi connectivity index (χ0) is 32.7. The predicted octanol–water partition coefficient (Wildman–Crippen LogP) is 6.76. The standard InChI is InChI=1S/C32H38Cl3N3O5S/c1-32(2,3)36-31(40)28(19-22-10-7-6-8-11-22)37(21-23-13-15-25(33)26(34)18-23)30(39)12-9-17-38(44(5,41)42)24-14-16-29(43-4)27(35)20-24/h6-8,10-11,13-16,18,20,28H,9,12,17,19,21H2,1-5H3,(H,36,40). The van der Waals surface area contributed by atoms with E-state index in [2.05, 4.69) is 5.32 Å². The number of amides is 2. The molecule has 1 unspecified atom stereocenters. The average molecular weight is 683 g/mol. The lowest BCUT2D eigenvalue weighted by Gasteiger charge is -2.34. The summed E-state index contributed by atoms with van der Waals surface area (Å²) in [5, 5.41) is 3.99. The van der Waals surface area contributed by atoms with Gasteiger partial charge in [0.05, 0.1) is 34.1 Å². The highest BCUT2D eigenvalue weighted by atomic mass is 35.5. The van der Waals surface area contributed by atoms with Crippen molar-refractivity contribution in [2.75, 3.05) is 24.2 Å². The Labute approximate surface area is 275 Å². The second-order valence-electron chi connectivity index (χ2n) is 11.5. The van der Waals surface area contributed by atoms with Gasteiger partial charge in [0.2, 0.25) is 21.8 Å². The first-order chi connectivity index (χ1) is 20.6. The van der Waals surface area contributed by atoms with Crippen LogP contribution in [-0.4, -0.2) is 56.6 Å². The molecule has 0 spiro atoms. The normalized spacial score (nSPS) is 12.4. The molecule has 0 saturated heterocycles. The first kappa shape index (κ1) is 35.5. The number of methoxy groups -OCH3 is 1. The van der Waals surface area contributed by atoms with Gasteiger partial charge in [0.25, 0.3) is 0 Å². The number of anilines is 1. The van der Waals surface area contributed by atoms with Crippen molar-refractivity contribution in [1.29, 1.82) is 0 Å². The summed E-state index contributed by atoms with van der Waals surface area (Å²) in [6.07, 6.45) is 1.53. The summed E-state index contributed by atoms with van der Waals surface area (Å²) in [7, 11) is -2.23. The molecule has 3 aromatic rings. The van der Waals surface area contributed by atoms with Crippen molar-refractivity contribution in [2.45, 2.75) is 58.2 Å². The summed E-state index contributed by atoms with van der Waals surface area (Å²) in [6.45, 7) is 5.74. The average Bonchev–Trinajstić information content (AvgIpc) is 2.93. The van der Waals surface area contributed by atoms with Crippen molar-refractivity contribution in [1.82, 2.24) is 10.2 Å². The highest BCUT2D eigenvalue weighted by Gasteiger charge is 2.32.